The lowest BCUT2D eigenvalue weighted by atomic mass is 9.87. The molecule has 2 rings (SSSR count). The largest absolute Gasteiger partial charge is 0.484 e. The normalized spacial score (nSPS) is 11.2. The molecule has 0 aliphatic heterocycles. The molecule has 23 heavy (non-hydrogen) atoms. The van der Waals surface area contributed by atoms with Crippen molar-refractivity contribution in [2.24, 2.45) is 0 Å². The Balaban J connectivity index is 1.96. The average molecular weight is 376 g/mol. The SMILES string of the molecule is Cc1ccc(OCC(=O)Nc2ccc(C(C)(C)C)cc2Br)cc1. The number of amides is 1. The molecule has 4 heteroatoms. The number of rotatable bonds is 4. The van der Waals surface area contributed by atoms with Crippen molar-refractivity contribution in [3.8, 4) is 5.75 Å². The minimum absolute atomic E-state index is 0.0173. The number of anilines is 1. The highest BCUT2D eigenvalue weighted by atomic mass is 79.9. The molecule has 1 N–H and O–H groups in total. The minimum atomic E-state index is -0.185. The summed E-state index contributed by atoms with van der Waals surface area (Å²) in [6.07, 6.45) is 0. The summed E-state index contributed by atoms with van der Waals surface area (Å²) in [5.41, 5.74) is 3.18. The molecule has 122 valence electrons. The summed E-state index contributed by atoms with van der Waals surface area (Å²) in [5, 5.41) is 2.86. The summed E-state index contributed by atoms with van der Waals surface area (Å²) in [6, 6.07) is 13.6. The molecule has 0 saturated heterocycles. The van der Waals surface area contributed by atoms with Gasteiger partial charge in [-0.05, 0) is 58.1 Å². The lowest BCUT2D eigenvalue weighted by molar-refractivity contribution is -0.118. The van der Waals surface area contributed by atoms with Crippen LogP contribution in [0.15, 0.2) is 46.9 Å². The number of hydrogen-bond acceptors (Lipinski definition) is 2. The van der Waals surface area contributed by atoms with Gasteiger partial charge >= 0.3 is 0 Å². The van der Waals surface area contributed by atoms with Crippen molar-refractivity contribution in [1.82, 2.24) is 0 Å². The molecule has 0 aliphatic carbocycles. The summed E-state index contributed by atoms with van der Waals surface area (Å²) in [6.45, 7) is 8.46. The molecule has 0 aromatic heterocycles. The molecule has 0 atom stereocenters. The fourth-order valence-corrected chi connectivity index (χ4v) is 2.53. The molecule has 1 amide bonds. The summed E-state index contributed by atoms with van der Waals surface area (Å²) in [7, 11) is 0. The van der Waals surface area contributed by atoms with Crippen molar-refractivity contribution in [2.45, 2.75) is 33.1 Å². The third-order valence-corrected chi connectivity index (χ3v) is 4.16. The number of carbonyl (C=O) groups excluding carboxylic acids is 1. The molecular weight excluding hydrogens is 354 g/mol. The summed E-state index contributed by atoms with van der Waals surface area (Å²) >= 11 is 3.52. The van der Waals surface area contributed by atoms with Crippen LogP contribution in [-0.4, -0.2) is 12.5 Å². The third-order valence-electron chi connectivity index (χ3n) is 3.50. The van der Waals surface area contributed by atoms with Crippen molar-refractivity contribution < 1.29 is 9.53 Å². The Bertz CT molecular complexity index is 688. The van der Waals surface area contributed by atoms with Crippen LogP contribution in [0.1, 0.15) is 31.9 Å². The van der Waals surface area contributed by atoms with Crippen LogP contribution in [0.5, 0.6) is 5.75 Å². The van der Waals surface area contributed by atoms with Crippen LogP contribution < -0.4 is 10.1 Å². The predicted molar refractivity (Wildman–Crippen MR) is 98.1 cm³/mol. The molecule has 2 aromatic rings. The van der Waals surface area contributed by atoms with Crippen LogP contribution in [0.4, 0.5) is 5.69 Å². The van der Waals surface area contributed by atoms with E-state index in [0.717, 1.165) is 15.7 Å². The van der Waals surface area contributed by atoms with E-state index in [1.165, 1.54) is 5.56 Å². The first-order valence-electron chi connectivity index (χ1n) is 7.55. The van der Waals surface area contributed by atoms with E-state index in [9.17, 15) is 4.79 Å². The van der Waals surface area contributed by atoms with Gasteiger partial charge < -0.3 is 10.1 Å². The highest BCUT2D eigenvalue weighted by molar-refractivity contribution is 9.10. The molecule has 2 aromatic carbocycles. The smallest absolute Gasteiger partial charge is 0.262 e. The molecule has 0 unspecified atom stereocenters. The molecule has 0 fully saturated rings. The van der Waals surface area contributed by atoms with Gasteiger partial charge in [-0.25, -0.2) is 0 Å². The monoisotopic (exact) mass is 375 g/mol. The zero-order valence-corrected chi connectivity index (χ0v) is 15.5. The van der Waals surface area contributed by atoms with Gasteiger partial charge in [0.05, 0.1) is 5.69 Å². The van der Waals surface area contributed by atoms with Crippen molar-refractivity contribution in [3.63, 3.8) is 0 Å². The van der Waals surface area contributed by atoms with E-state index in [-0.39, 0.29) is 17.9 Å². The van der Waals surface area contributed by atoms with Crippen molar-refractivity contribution in [3.05, 3.63) is 58.1 Å². The highest BCUT2D eigenvalue weighted by Gasteiger charge is 2.15. The number of carbonyl (C=O) groups is 1. The Kier molecular flexibility index (Phi) is 5.47. The zero-order valence-electron chi connectivity index (χ0n) is 13.9. The summed E-state index contributed by atoms with van der Waals surface area (Å²) in [5.74, 6) is 0.502. The van der Waals surface area contributed by atoms with Crippen molar-refractivity contribution >= 4 is 27.5 Å². The van der Waals surface area contributed by atoms with E-state index in [1.54, 1.807) is 0 Å². The van der Waals surface area contributed by atoms with Gasteiger partial charge in [0.15, 0.2) is 6.61 Å². The molecule has 0 heterocycles. The van der Waals surface area contributed by atoms with Crippen LogP contribution >= 0.6 is 15.9 Å². The van der Waals surface area contributed by atoms with E-state index < -0.39 is 0 Å². The van der Waals surface area contributed by atoms with Gasteiger partial charge in [0.1, 0.15) is 5.75 Å². The Morgan fingerprint density at radius 1 is 1.13 bits per heavy atom. The average Bonchev–Trinajstić information content (AvgIpc) is 2.48. The van der Waals surface area contributed by atoms with E-state index in [4.69, 9.17) is 4.74 Å². The van der Waals surface area contributed by atoms with Gasteiger partial charge in [-0.3, -0.25) is 4.79 Å². The second-order valence-electron chi connectivity index (χ2n) is 6.59. The third kappa shape index (κ3) is 5.10. The molecule has 0 spiro atoms. The second-order valence-corrected chi connectivity index (χ2v) is 7.45. The van der Waals surface area contributed by atoms with Gasteiger partial charge in [-0.2, -0.15) is 0 Å². The van der Waals surface area contributed by atoms with E-state index >= 15 is 0 Å². The number of aryl methyl sites for hydroxylation is 1. The number of halogens is 1. The zero-order chi connectivity index (χ0) is 17.0. The number of hydrogen-bond donors (Lipinski definition) is 1. The molecule has 0 radical (unpaired) electrons. The van der Waals surface area contributed by atoms with E-state index in [2.05, 4.69) is 42.0 Å². The lowest BCUT2D eigenvalue weighted by Gasteiger charge is -2.20. The number of benzene rings is 2. The van der Waals surface area contributed by atoms with Gasteiger partial charge in [0.2, 0.25) is 0 Å². The second kappa shape index (κ2) is 7.18. The topological polar surface area (TPSA) is 38.3 Å². The van der Waals surface area contributed by atoms with Crippen LogP contribution in [0.3, 0.4) is 0 Å². The van der Waals surface area contributed by atoms with Crippen molar-refractivity contribution in [1.29, 1.82) is 0 Å². The lowest BCUT2D eigenvalue weighted by Crippen LogP contribution is -2.20. The van der Waals surface area contributed by atoms with Gasteiger partial charge in [0.25, 0.3) is 5.91 Å². The predicted octanol–water partition coefficient (Wildman–Crippen LogP) is 5.07. The Labute approximate surface area is 146 Å². The van der Waals surface area contributed by atoms with Crippen LogP contribution in [0.2, 0.25) is 0 Å². The van der Waals surface area contributed by atoms with Gasteiger partial charge in [0, 0.05) is 4.47 Å². The quantitative estimate of drug-likeness (QED) is 0.809. The summed E-state index contributed by atoms with van der Waals surface area (Å²) in [4.78, 5) is 12.0. The Hall–Kier alpha value is -1.81. The fourth-order valence-electron chi connectivity index (χ4n) is 2.05. The first kappa shape index (κ1) is 17.5. The van der Waals surface area contributed by atoms with Gasteiger partial charge in [-0.1, -0.05) is 44.5 Å². The Morgan fingerprint density at radius 2 is 1.78 bits per heavy atom. The first-order chi connectivity index (χ1) is 10.8. The van der Waals surface area contributed by atoms with E-state index in [1.807, 2.05) is 49.4 Å². The minimum Gasteiger partial charge on any atom is -0.484 e. The standard InChI is InChI=1S/C19H22BrNO2/c1-13-5-8-15(9-6-13)23-12-18(22)21-17-10-7-14(11-16(17)20)19(2,3)4/h5-11H,12H2,1-4H3,(H,21,22). The fraction of sp³-hybridized carbons (Fsp3) is 0.316. The van der Waals surface area contributed by atoms with E-state index in [0.29, 0.717) is 5.75 Å². The molecule has 0 bridgehead atoms. The summed E-state index contributed by atoms with van der Waals surface area (Å²) < 4.78 is 6.35. The van der Waals surface area contributed by atoms with Crippen LogP contribution in [-0.2, 0) is 10.2 Å². The highest BCUT2D eigenvalue weighted by Crippen LogP contribution is 2.30. The van der Waals surface area contributed by atoms with Gasteiger partial charge in [-0.15, -0.1) is 0 Å². The molecule has 0 aliphatic rings. The number of nitrogens with one attached hydrogen (secondary N) is 1. The van der Waals surface area contributed by atoms with Crippen LogP contribution in [0.25, 0.3) is 0 Å². The number of ether oxygens (including phenoxy) is 1. The maximum atomic E-state index is 12.0. The van der Waals surface area contributed by atoms with Crippen molar-refractivity contribution in [2.75, 3.05) is 11.9 Å². The Morgan fingerprint density at radius 3 is 2.35 bits per heavy atom. The van der Waals surface area contributed by atoms with Crippen LogP contribution in [0, 0.1) is 6.92 Å². The maximum absolute atomic E-state index is 12.0. The molecule has 3 nitrogen and oxygen atoms in total. The molecular formula is C19H22BrNO2. The maximum Gasteiger partial charge on any atom is 0.262 e. The molecule has 0 saturated carbocycles. The first-order valence-corrected chi connectivity index (χ1v) is 8.34.